The molecule has 0 aliphatic carbocycles. The van der Waals surface area contributed by atoms with Gasteiger partial charge in [0.2, 0.25) is 0 Å². The van der Waals surface area contributed by atoms with Crippen LogP contribution in [-0.4, -0.2) is 34.7 Å². The molecule has 1 aromatic rings. The number of benzene rings is 1. The predicted octanol–water partition coefficient (Wildman–Crippen LogP) is 3.86. The summed E-state index contributed by atoms with van der Waals surface area (Å²) in [5.41, 5.74) is 1.47. The van der Waals surface area contributed by atoms with Gasteiger partial charge in [0, 0.05) is 41.7 Å². The van der Waals surface area contributed by atoms with Crippen LogP contribution in [0.1, 0.15) is 32.3 Å². The molecule has 0 spiro atoms. The molecule has 0 saturated carbocycles. The number of nitriles is 1. The number of carbonyl (C=O) groups is 1. The Morgan fingerprint density at radius 3 is 2.81 bits per heavy atom. The summed E-state index contributed by atoms with van der Waals surface area (Å²) in [4.78, 5) is 27.4. The highest BCUT2D eigenvalue weighted by atomic mass is 32.2. The third-order valence-corrected chi connectivity index (χ3v) is 5.23. The zero-order chi connectivity index (χ0) is 20.0. The number of thioether (sulfide) groups is 1. The molecule has 27 heavy (non-hydrogen) atoms. The van der Waals surface area contributed by atoms with E-state index in [1.54, 1.807) is 19.1 Å². The van der Waals surface area contributed by atoms with Gasteiger partial charge >= 0.3 is 0 Å². The molecule has 7 nitrogen and oxygen atoms in total. The number of nitro groups is 1. The zero-order valence-corrected chi connectivity index (χ0v) is 16.3. The lowest BCUT2D eigenvalue weighted by molar-refractivity contribution is -0.384. The Morgan fingerprint density at radius 1 is 1.48 bits per heavy atom. The minimum atomic E-state index is -0.679. The van der Waals surface area contributed by atoms with Gasteiger partial charge in [-0.15, -0.1) is 11.8 Å². The summed E-state index contributed by atoms with van der Waals surface area (Å²) in [6.45, 7) is 6.21. The van der Waals surface area contributed by atoms with Crippen LogP contribution in [0.2, 0.25) is 0 Å². The average molecular weight is 387 g/mol. The third-order valence-electron chi connectivity index (χ3n) is 4.22. The van der Waals surface area contributed by atoms with Crippen molar-refractivity contribution < 1.29 is 14.5 Å². The number of ketones is 1. The average Bonchev–Trinajstić information content (AvgIpc) is 2.64. The van der Waals surface area contributed by atoms with E-state index >= 15 is 0 Å². The third kappa shape index (κ3) is 4.81. The van der Waals surface area contributed by atoms with Gasteiger partial charge in [0.15, 0.2) is 5.78 Å². The van der Waals surface area contributed by atoms with E-state index in [4.69, 9.17) is 4.74 Å². The van der Waals surface area contributed by atoms with Gasteiger partial charge in [-0.1, -0.05) is 12.1 Å². The van der Waals surface area contributed by atoms with Crippen molar-refractivity contribution in [3.8, 4) is 6.07 Å². The minimum Gasteiger partial charge on any atom is -0.381 e. The molecule has 2 rings (SSSR count). The molecule has 0 radical (unpaired) electrons. The summed E-state index contributed by atoms with van der Waals surface area (Å²) >= 11 is 1.42. The molecule has 0 amide bonds. The van der Waals surface area contributed by atoms with Gasteiger partial charge in [-0.05, 0) is 26.3 Å². The van der Waals surface area contributed by atoms with Crippen molar-refractivity contribution in [2.45, 2.75) is 26.7 Å². The highest BCUT2D eigenvalue weighted by Crippen LogP contribution is 2.41. The molecule has 1 unspecified atom stereocenters. The molecule has 1 aliphatic rings. The van der Waals surface area contributed by atoms with Crippen molar-refractivity contribution in [1.29, 1.82) is 5.26 Å². The number of aliphatic imine (C=N–C) groups is 1. The lowest BCUT2D eigenvalue weighted by Crippen LogP contribution is -2.28. The van der Waals surface area contributed by atoms with E-state index in [1.165, 1.54) is 30.8 Å². The Hall–Kier alpha value is -2.50. The van der Waals surface area contributed by atoms with E-state index in [9.17, 15) is 20.2 Å². The Balaban J connectivity index is 2.48. The summed E-state index contributed by atoms with van der Waals surface area (Å²) in [5, 5.41) is 21.6. The van der Waals surface area contributed by atoms with E-state index in [2.05, 4.69) is 11.1 Å². The molecule has 0 fully saturated rings. The molecule has 0 N–H and O–H groups in total. The van der Waals surface area contributed by atoms with Crippen molar-refractivity contribution in [2.75, 3.05) is 19.0 Å². The van der Waals surface area contributed by atoms with Crippen LogP contribution in [0.25, 0.3) is 0 Å². The predicted molar refractivity (Wildman–Crippen MR) is 105 cm³/mol. The van der Waals surface area contributed by atoms with Crippen molar-refractivity contribution in [3.63, 3.8) is 0 Å². The van der Waals surface area contributed by atoms with E-state index < -0.39 is 16.8 Å². The molecular weight excluding hydrogens is 366 g/mol. The summed E-state index contributed by atoms with van der Waals surface area (Å²) in [5.74, 6) is -0.818. The standard InChI is InChI=1S/C19H21N3O4S/c1-4-26-8-9-27-19-16(11-20)18(17(13(3)23)12(2)21-19)14-6-5-7-15(10-14)22(24)25/h5-7,10,16,18H,4,8-9H2,1-3H3/t16?,18-/m1/s1. The summed E-state index contributed by atoms with van der Waals surface area (Å²) in [7, 11) is 0. The van der Waals surface area contributed by atoms with Gasteiger partial charge in [-0.25, -0.2) is 4.99 Å². The van der Waals surface area contributed by atoms with Gasteiger partial charge in [0.25, 0.3) is 5.69 Å². The molecule has 1 aromatic carbocycles. The van der Waals surface area contributed by atoms with Crippen molar-refractivity contribution >= 4 is 28.3 Å². The van der Waals surface area contributed by atoms with E-state index in [1.807, 2.05) is 6.92 Å². The summed E-state index contributed by atoms with van der Waals surface area (Å²) in [6, 6.07) is 8.36. The van der Waals surface area contributed by atoms with Gasteiger partial charge in [-0.3, -0.25) is 14.9 Å². The Kier molecular flexibility index (Phi) is 7.28. The first-order valence-corrected chi connectivity index (χ1v) is 9.54. The molecule has 0 saturated heterocycles. The number of hydrogen-bond acceptors (Lipinski definition) is 7. The van der Waals surface area contributed by atoms with Crippen LogP contribution in [0.5, 0.6) is 0 Å². The first-order valence-electron chi connectivity index (χ1n) is 8.55. The van der Waals surface area contributed by atoms with Crippen LogP contribution >= 0.6 is 11.8 Å². The van der Waals surface area contributed by atoms with E-state index in [-0.39, 0.29) is 11.5 Å². The highest BCUT2D eigenvalue weighted by molar-refractivity contribution is 8.14. The fourth-order valence-electron chi connectivity index (χ4n) is 3.10. The number of nitro benzene ring substituents is 1. The molecule has 0 bridgehead atoms. The van der Waals surface area contributed by atoms with Crippen molar-refractivity contribution in [3.05, 3.63) is 51.2 Å². The van der Waals surface area contributed by atoms with Gasteiger partial charge in [-0.2, -0.15) is 5.26 Å². The van der Waals surface area contributed by atoms with Crippen LogP contribution in [0, 0.1) is 27.4 Å². The quantitative estimate of drug-likeness (QED) is 0.399. The normalized spacial score (nSPS) is 19.4. The maximum atomic E-state index is 12.3. The Morgan fingerprint density at radius 2 is 2.22 bits per heavy atom. The number of nitrogens with zero attached hydrogens (tertiary/aromatic N) is 3. The number of rotatable bonds is 7. The number of non-ortho nitro benzene ring substituents is 1. The number of allylic oxidation sites excluding steroid dienone is 2. The molecule has 8 heteroatoms. The van der Waals surface area contributed by atoms with Gasteiger partial charge in [0.1, 0.15) is 5.92 Å². The molecule has 2 atom stereocenters. The lowest BCUT2D eigenvalue weighted by atomic mass is 9.77. The molecule has 0 aromatic heterocycles. The van der Waals surface area contributed by atoms with Crippen molar-refractivity contribution in [1.82, 2.24) is 0 Å². The van der Waals surface area contributed by atoms with Gasteiger partial charge in [0.05, 0.1) is 22.6 Å². The molecule has 1 aliphatic heterocycles. The zero-order valence-electron chi connectivity index (χ0n) is 15.5. The molecular formula is C19H21N3O4S. The fourth-order valence-corrected chi connectivity index (χ4v) is 4.08. The number of Topliss-reactive ketones (excluding diaryl/α,β-unsaturated/α-hetero) is 1. The highest BCUT2D eigenvalue weighted by Gasteiger charge is 2.37. The second kappa shape index (κ2) is 9.44. The van der Waals surface area contributed by atoms with Crippen LogP contribution in [0.4, 0.5) is 5.69 Å². The number of ether oxygens (including phenoxy) is 1. The first-order chi connectivity index (χ1) is 12.9. The summed E-state index contributed by atoms with van der Waals surface area (Å²) in [6.07, 6.45) is 0. The fraction of sp³-hybridized carbons (Fsp3) is 0.421. The lowest BCUT2D eigenvalue weighted by Gasteiger charge is -2.29. The Bertz CT molecular complexity index is 842. The minimum absolute atomic E-state index is 0.0715. The number of carbonyl (C=O) groups excluding carboxylic acids is 1. The van der Waals surface area contributed by atoms with Crippen LogP contribution in [-0.2, 0) is 9.53 Å². The second-order valence-corrected chi connectivity index (χ2v) is 7.10. The van der Waals surface area contributed by atoms with E-state index in [0.29, 0.717) is 40.8 Å². The maximum Gasteiger partial charge on any atom is 0.269 e. The largest absolute Gasteiger partial charge is 0.381 e. The summed E-state index contributed by atoms with van der Waals surface area (Å²) < 4.78 is 5.33. The van der Waals surface area contributed by atoms with Gasteiger partial charge < -0.3 is 4.74 Å². The maximum absolute atomic E-state index is 12.3. The molecule has 142 valence electrons. The SMILES string of the molecule is CCOCCSC1=NC(C)=C(C(C)=O)[C@H](c2cccc([N+](=O)[O-])c2)C1C#N. The molecule has 1 heterocycles. The van der Waals surface area contributed by atoms with Crippen LogP contribution < -0.4 is 0 Å². The topological polar surface area (TPSA) is 106 Å². The number of hydrogen-bond donors (Lipinski definition) is 0. The van der Waals surface area contributed by atoms with E-state index in [0.717, 1.165) is 0 Å². The smallest absolute Gasteiger partial charge is 0.269 e. The Labute approximate surface area is 162 Å². The monoisotopic (exact) mass is 387 g/mol. The first kappa shape index (κ1) is 20.8. The van der Waals surface area contributed by atoms with Crippen LogP contribution in [0.15, 0.2) is 40.5 Å². The van der Waals surface area contributed by atoms with Crippen LogP contribution in [0.3, 0.4) is 0 Å². The van der Waals surface area contributed by atoms with Crippen molar-refractivity contribution in [2.24, 2.45) is 10.9 Å². The second-order valence-electron chi connectivity index (χ2n) is 5.99.